The number of ether oxygens (including phenoxy) is 2. The third kappa shape index (κ3) is 3.41. The van der Waals surface area contributed by atoms with Gasteiger partial charge in [0.2, 0.25) is 6.10 Å². The summed E-state index contributed by atoms with van der Waals surface area (Å²) in [6.45, 7) is 4.04. The molecular weight excluding hydrogens is 302 g/mol. The SMILES string of the molecule is CC1C(C)C1C(=O)O[C@@H](C#N)c1cccc(Oc2ccccc2)c1. The molecule has 122 valence electrons. The van der Waals surface area contributed by atoms with E-state index in [1.807, 2.05) is 44.2 Å². The van der Waals surface area contributed by atoms with Crippen molar-refractivity contribution in [1.82, 2.24) is 0 Å². The first-order valence-corrected chi connectivity index (χ1v) is 8.03. The average Bonchev–Trinajstić information content (AvgIpc) is 3.20. The van der Waals surface area contributed by atoms with Crippen molar-refractivity contribution in [2.24, 2.45) is 17.8 Å². The number of esters is 1. The summed E-state index contributed by atoms with van der Waals surface area (Å²) in [5.41, 5.74) is 0.611. The summed E-state index contributed by atoms with van der Waals surface area (Å²) < 4.78 is 11.2. The molecule has 1 aliphatic rings. The molecule has 2 aromatic carbocycles. The van der Waals surface area contributed by atoms with E-state index in [1.165, 1.54) is 0 Å². The van der Waals surface area contributed by atoms with Gasteiger partial charge < -0.3 is 9.47 Å². The molecular formula is C20H19NO3. The predicted molar refractivity (Wildman–Crippen MR) is 89.2 cm³/mol. The Labute approximate surface area is 141 Å². The van der Waals surface area contributed by atoms with Gasteiger partial charge in [-0.2, -0.15) is 5.26 Å². The van der Waals surface area contributed by atoms with E-state index in [4.69, 9.17) is 9.47 Å². The van der Waals surface area contributed by atoms with Crippen molar-refractivity contribution in [2.75, 3.05) is 0 Å². The topological polar surface area (TPSA) is 59.3 Å². The van der Waals surface area contributed by atoms with Crippen molar-refractivity contribution in [2.45, 2.75) is 20.0 Å². The lowest BCUT2D eigenvalue weighted by Crippen LogP contribution is -2.13. The number of nitriles is 1. The van der Waals surface area contributed by atoms with Crippen molar-refractivity contribution in [1.29, 1.82) is 5.26 Å². The molecule has 3 rings (SSSR count). The standard InChI is InChI=1S/C20H19NO3/c1-13-14(2)19(13)20(22)24-18(12-21)15-7-6-10-17(11-15)23-16-8-4-3-5-9-16/h3-11,13-14,18-19H,1-2H3/t13?,14?,18-,19?/m0/s1. The van der Waals surface area contributed by atoms with Gasteiger partial charge in [-0.1, -0.05) is 44.2 Å². The minimum absolute atomic E-state index is 0.0930. The van der Waals surface area contributed by atoms with Crippen molar-refractivity contribution >= 4 is 5.97 Å². The number of para-hydroxylation sites is 1. The number of hydrogen-bond donors (Lipinski definition) is 0. The number of carbonyl (C=O) groups is 1. The molecule has 2 aromatic rings. The molecule has 0 bridgehead atoms. The zero-order valence-electron chi connectivity index (χ0n) is 13.7. The van der Waals surface area contributed by atoms with Crippen LogP contribution in [0.1, 0.15) is 25.5 Å². The number of benzene rings is 2. The van der Waals surface area contributed by atoms with Crippen LogP contribution < -0.4 is 4.74 Å². The Morgan fingerprint density at radius 1 is 1.04 bits per heavy atom. The van der Waals surface area contributed by atoms with Gasteiger partial charge in [-0.05, 0) is 36.1 Å². The summed E-state index contributed by atoms with van der Waals surface area (Å²) in [5.74, 6) is 1.57. The molecule has 4 nitrogen and oxygen atoms in total. The van der Waals surface area contributed by atoms with E-state index < -0.39 is 6.10 Å². The smallest absolute Gasteiger partial charge is 0.311 e. The highest BCUT2D eigenvalue weighted by atomic mass is 16.5. The van der Waals surface area contributed by atoms with E-state index in [2.05, 4.69) is 6.07 Å². The van der Waals surface area contributed by atoms with Gasteiger partial charge in [0, 0.05) is 5.56 Å². The van der Waals surface area contributed by atoms with Gasteiger partial charge in [0.05, 0.1) is 5.92 Å². The first kappa shape index (κ1) is 16.1. The molecule has 0 heterocycles. The fourth-order valence-corrected chi connectivity index (χ4v) is 2.82. The summed E-state index contributed by atoms with van der Waals surface area (Å²) in [4.78, 5) is 12.1. The number of nitrogens with zero attached hydrogens (tertiary/aromatic N) is 1. The van der Waals surface area contributed by atoms with Crippen LogP contribution in [0.15, 0.2) is 54.6 Å². The molecule has 2 unspecified atom stereocenters. The van der Waals surface area contributed by atoms with Crippen molar-refractivity contribution in [3.8, 4) is 17.6 Å². The van der Waals surface area contributed by atoms with Gasteiger partial charge in [0.15, 0.2) is 0 Å². The lowest BCUT2D eigenvalue weighted by Gasteiger charge is -2.13. The minimum Gasteiger partial charge on any atom is -0.457 e. The Balaban J connectivity index is 1.72. The van der Waals surface area contributed by atoms with E-state index in [0.717, 1.165) is 0 Å². The summed E-state index contributed by atoms with van der Waals surface area (Å²) in [6.07, 6.45) is -0.920. The fraction of sp³-hybridized carbons (Fsp3) is 0.300. The summed E-state index contributed by atoms with van der Waals surface area (Å²) in [5, 5.41) is 9.37. The highest BCUT2D eigenvalue weighted by molar-refractivity contribution is 5.76. The maximum absolute atomic E-state index is 12.1. The van der Waals surface area contributed by atoms with Crippen LogP contribution in [0, 0.1) is 29.1 Å². The van der Waals surface area contributed by atoms with Crippen LogP contribution in [-0.4, -0.2) is 5.97 Å². The maximum atomic E-state index is 12.1. The van der Waals surface area contributed by atoms with Crippen molar-refractivity contribution in [3.05, 3.63) is 60.2 Å². The second-order valence-corrected chi connectivity index (χ2v) is 6.18. The van der Waals surface area contributed by atoms with Crippen LogP contribution in [0.2, 0.25) is 0 Å². The van der Waals surface area contributed by atoms with Gasteiger partial charge >= 0.3 is 5.97 Å². The Kier molecular flexibility index (Phi) is 4.52. The first-order chi connectivity index (χ1) is 11.6. The van der Waals surface area contributed by atoms with Crippen LogP contribution in [0.4, 0.5) is 0 Å². The molecule has 0 spiro atoms. The van der Waals surface area contributed by atoms with Crippen LogP contribution >= 0.6 is 0 Å². The Morgan fingerprint density at radius 2 is 1.71 bits per heavy atom. The minimum atomic E-state index is -0.920. The third-order valence-corrected chi connectivity index (χ3v) is 4.58. The molecule has 1 fully saturated rings. The van der Waals surface area contributed by atoms with E-state index >= 15 is 0 Å². The van der Waals surface area contributed by atoms with Gasteiger partial charge in [-0.15, -0.1) is 0 Å². The van der Waals surface area contributed by atoms with Crippen molar-refractivity contribution in [3.63, 3.8) is 0 Å². The highest BCUT2D eigenvalue weighted by Gasteiger charge is 2.50. The molecule has 1 aliphatic carbocycles. The second-order valence-electron chi connectivity index (χ2n) is 6.18. The fourth-order valence-electron chi connectivity index (χ4n) is 2.82. The van der Waals surface area contributed by atoms with Crippen LogP contribution in [-0.2, 0) is 9.53 Å². The molecule has 0 radical (unpaired) electrons. The summed E-state index contributed by atoms with van der Waals surface area (Å²) >= 11 is 0. The monoisotopic (exact) mass is 321 g/mol. The quantitative estimate of drug-likeness (QED) is 0.761. The highest BCUT2D eigenvalue weighted by Crippen LogP contribution is 2.46. The lowest BCUT2D eigenvalue weighted by atomic mass is 10.1. The van der Waals surface area contributed by atoms with Gasteiger partial charge in [0.25, 0.3) is 0 Å². The van der Waals surface area contributed by atoms with Gasteiger partial charge in [-0.3, -0.25) is 4.79 Å². The maximum Gasteiger partial charge on any atom is 0.311 e. The van der Waals surface area contributed by atoms with Crippen LogP contribution in [0.25, 0.3) is 0 Å². The van der Waals surface area contributed by atoms with Gasteiger partial charge in [0.1, 0.15) is 17.6 Å². The Morgan fingerprint density at radius 3 is 2.33 bits per heavy atom. The number of hydrogen-bond acceptors (Lipinski definition) is 4. The molecule has 0 aliphatic heterocycles. The zero-order chi connectivity index (χ0) is 17.1. The van der Waals surface area contributed by atoms with Crippen LogP contribution in [0.3, 0.4) is 0 Å². The van der Waals surface area contributed by atoms with Crippen molar-refractivity contribution < 1.29 is 14.3 Å². The predicted octanol–water partition coefficient (Wildman–Crippen LogP) is 4.49. The van der Waals surface area contributed by atoms with E-state index in [0.29, 0.717) is 28.9 Å². The van der Waals surface area contributed by atoms with Gasteiger partial charge in [-0.25, -0.2) is 0 Å². The molecule has 24 heavy (non-hydrogen) atoms. The molecule has 1 saturated carbocycles. The molecule has 4 heteroatoms. The first-order valence-electron chi connectivity index (χ1n) is 8.03. The third-order valence-electron chi connectivity index (χ3n) is 4.58. The normalized spacial score (nSPS) is 23.0. The molecule has 0 amide bonds. The second kappa shape index (κ2) is 6.76. The van der Waals surface area contributed by atoms with E-state index in [-0.39, 0.29) is 11.9 Å². The molecule has 0 N–H and O–H groups in total. The zero-order valence-corrected chi connectivity index (χ0v) is 13.7. The molecule has 0 saturated heterocycles. The summed E-state index contributed by atoms with van der Waals surface area (Å²) in [7, 11) is 0. The Bertz CT molecular complexity index is 758. The lowest BCUT2D eigenvalue weighted by molar-refractivity contribution is -0.149. The van der Waals surface area contributed by atoms with E-state index in [1.54, 1.807) is 24.3 Å². The number of rotatable bonds is 5. The molecule has 0 aromatic heterocycles. The summed E-state index contributed by atoms with van der Waals surface area (Å²) in [6, 6.07) is 18.5. The molecule has 3 atom stereocenters. The Hall–Kier alpha value is -2.80. The van der Waals surface area contributed by atoms with E-state index in [9.17, 15) is 10.1 Å². The number of carbonyl (C=O) groups excluding carboxylic acids is 1. The average molecular weight is 321 g/mol. The van der Waals surface area contributed by atoms with Crippen LogP contribution in [0.5, 0.6) is 11.5 Å². The largest absolute Gasteiger partial charge is 0.457 e.